The van der Waals surface area contributed by atoms with Gasteiger partial charge in [0.1, 0.15) is 24.7 Å². The van der Waals surface area contributed by atoms with E-state index in [1.54, 1.807) is 70.7 Å². The second kappa shape index (κ2) is 16.4. The summed E-state index contributed by atoms with van der Waals surface area (Å²) >= 11 is 5.78. The van der Waals surface area contributed by atoms with Crippen LogP contribution in [0, 0.1) is 0 Å². The Morgan fingerprint density at radius 2 is 1.07 bits per heavy atom. The Balaban J connectivity index is 0.000000222. The van der Waals surface area contributed by atoms with E-state index in [4.69, 9.17) is 30.7 Å². The molecule has 0 atom stereocenters. The van der Waals surface area contributed by atoms with Crippen molar-refractivity contribution in [1.82, 2.24) is 0 Å². The van der Waals surface area contributed by atoms with Gasteiger partial charge in [-0.3, -0.25) is 14.5 Å². The normalized spacial score (nSPS) is 9.95. The monoisotopic (exact) mass is 560 g/mol. The number of rotatable bonds is 13. The Morgan fingerprint density at radius 1 is 0.675 bits per heavy atom. The zero-order valence-corrected chi connectivity index (χ0v) is 23.2. The van der Waals surface area contributed by atoms with Crippen LogP contribution in [-0.2, 0) is 0 Å². The minimum atomic E-state index is 0.0356. The molecule has 2 aromatic heterocycles. The number of Topliss-reactive ketones (excluding diaryl/α,β-unsaturated/α-hetero) is 1. The minimum Gasteiger partial charge on any atom is -0.490 e. The molecule has 0 saturated carbocycles. The van der Waals surface area contributed by atoms with Crippen LogP contribution in [0.1, 0.15) is 28.4 Å². The van der Waals surface area contributed by atoms with Crippen molar-refractivity contribution >= 4 is 29.5 Å². The first-order valence-corrected chi connectivity index (χ1v) is 13.0. The molecule has 0 unspecified atom stereocenters. The Morgan fingerprint density at radius 3 is 1.45 bits per heavy atom. The standard InChI is InChI=1S/C17H18NO3.C15H15ClNO2/c1-3-15-4-6-17(7-5-15)20-12-13-21-18-10-8-16(9-11-18)14(2)19;1-2-13-3-5-15(6-4-13)18-11-12-19-17-9-7-14(16)8-10-17/h3-11H,1,12-13H2,2H3;2-10H,1,11-12H2/q2*+1. The molecule has 40 heavy (non-hydrogen) atoms. The summed E-state index contributed by atoms with van der Waals surface area (Å²) in [5.41, 5.74) is 2.79. The number of carbonyl (C=O) groups excluding carboxylic acids is 1. The number of ketones is 1. The van der Waals surface area contributed by atoms with Gasteiger partial charge in [0.25, 0.3) is 0 Å². The molecule has 0 amide bonds. The molecule has 7 nitrogen and oxygen atoms in total. The van der Waals surface area contributed by atoms with Crippen LogP contribution in [0.5, 0.6) is 11.5 Å². The van der Waals surface area contributed by atoms with Gasteiger partial charge in [-0.25, -0.2) is 0 Å². The summed E-state index contributed by atoms with van der Waals surface area (Å²) in [7, 11) is 0. The number of nitrogens with zero attached hydrogens (tertiary/aromatic N) is 2. The van der Waals surface area contributed by atoms with Gasteiger partial charge in [-0.2, -0.15) is 0 Å². The van der Waals surface area contributed by atoms with E-state index in [2.05, 4.69) is 13.2 Å². The topological polar surface area (TPSA) is 61.8 Å². The third-order valence-corrected chi connectivity index (χ3v) is 5.64. The number of carbonyl (C=O) groups is 1. The maximum Gasteiger partial charge on any atom is 0.223 e. The first-order chi connectivity index (χ1) is 19.5. The van der Waals surface area contributed by atoms with Crippen molar-refractivity contribution in [2.45, 2.75) is 6.92 Å². The number of aromatic nitrogens is 2. The molecule has 0 N–H and O–H groups in total. The molecule has 206 valence electrons. The highest BCUT2D eigenvalue weighted by molar-refractivity contribution is 6.30. The smallest absolute Gasteiger partial charge is 0.223 e. The van der Waals surface area contributed by atoms with E-state index in [9.17, 15) is 4.79 Å². The van der Waals surface area contributed by atoms with E-state index in [-0.39, 0.29) is 5.78 Å². The lowest BCUT2D eigenvalue weighted by atomic mass is 10.2. The molecule has 0 fully saturated rings. The Bertz CT molecular complexity index is 1340. The maximum absolute atomic E-state index is 11.1. The fourth-order valence-electron chi connectivity index (χ4n) is 3.22. The average molecular weight is 561 g/mol. The summed E-state index contributed by atoms with van der Waals surface area (Å²) in [6, 6.07) is 22.4. The summed E-state index contributed by atoms with van der Waals surface area (Å²) in [6.45, 7) is 10.7. The predicted octanol–water partition coefficient (Wildman–Crippen LogP) is 5.11. The lowest BCUT2D eigenvalue weighted by molar-refractivity contribution is -0.891. The van der Waals surface area contributed by atoms with E-state index in [1.165, 1.54) is 6.92 Å². The molecule has 0 aliphatic rings. The van der Waals surface area contributed by atoms with Crippen molar-refractivity contribution < 1.29 is 33.4 Å². The quantitative estimate of drug-likeness (QED) is 0.129. The lowest BCUT2D eigenvalue weighted by Gasteiger charge is -2.05. The number of ether oxygens (including phenoxy) is 2. The second-order valence-corrected chi connectivity index (χ2v) is 8.73. The molecule has 4 rings (SSSR count). The van der Waals surface area contributed by atoms with E-state index >= 15 is 0 Å². The van der Waals surface area contributed by atoms with Gasteiger partial charge in [0.15, 0.2) is 19.0 Å². The van der Waals surface area contributed by atoms with Gasteiger partial charge in [-0.15, -0.1) is 0 Å². The number of hydrogen-bond acceptors (Lipinski definition) is 5. The van der Waals surface area contributed by atoms with Gasteiger partial charge in [-0.05, 0) is 42.3 Å². The summed E-state index contributed by atoms with van der Waals surface area (Å²) in [5.74, 6) is 1.64. The molecule has 4 aromatic rings. The van der Waals surface area contributed by atoms with Crippen LogP contribution in [0.15, 0.2) is 111 Å². The predicted molar refractivity (Wildman–Crippen MR) is 155 cm³/mol. The molecule has 2 heterocycles. The summed E-state index contributed by atoms with van der Waals surface area (Å²) in [6.07, 6.45) is 10.5. The van der Waals surface area contributed by atoms with Gasteiger partial charge >= 0.3 is 0 Å². The highest BCUT2D eigenvalue weighted by Crippen LogP contribution is 2.13. The highest BCUT2D eigenvalue weighted by Gasteiger charge is 2.05. The molecule has 0 saturated heterocycles. The van der Waals surface area contributed by atoms with Crippen molar-refractivity contribution in [2.75, 3.05) is 26.4 Å². The van der Waals surface area contributed by atoms with Crippen molar-refractivity contribution in [3.8, 4) is 11.5 Å². The molecular formula is C32H33ClN2O5+2. The first-order valence-electron chi connectivity index (χ1n) is 12.6. The highest BCUT2D eigenvalue weighted by atomic mass is 35.5. The summed E-state index contributed by atoms with van der Waals surface area (Å²) < 4.78 is 14.3. The van der Waals surface area contributed by atoms with Crippen molar-refractivity contribution in [3.63, 3.8) is 0 Å². The fourth-order valence-corrected chi connectivity index (χ4v) is 3.33. The van der Waals surface area contributed by atoms with Crippen LogP contribution in [0.3, 0.4) is 0 Å². The SMILES string of the molecule is C=Cc1ccc(OCCO[n+]2ccc(C(C)=O)cc2)cc1.C=Cc1ccc(OCCO[n+]2ccc(Cl)cc2)cc1. The van der Waals surface area contributed by atoms with Crippen molar-refractivity contribution in [3.05, 3.63) is 132 Å². The average Bonchev–Trinajstić information content (AvgIpc) is 2.99. The maximum atomic E-state index is 11.1. The molecule has 0 aliphatic heterocycles. The molecular weight excluding hydrogens is 528 g/mol. The fraction of sp³-hybridized carbons (Fsp3) is 0.156. The molecule has 0 radical (unpaired) electrons. The van der Waals surface area contributed by atoms with Crippen LogP contribution < -0.4 is 28.6 Å². The Hall–Kier alpha value is -4.62. The van der Waals surface area contributed by atoms with Gasteiger partial charge in [0.05, 0.1) is 5.02 Å². The molecule has 2 aromatic carbocycles. The van der Waals surface area contributed by atoms with E-state index in [0.717, 1.165) is 22.6 Å². The minimum absolute atomic E-state index is 0.0356. The van der Waals surface area contributed by atoms with E-state index in [0.29, 0.717) is 37.0 Å². The van der Waals surface area contributed by atoms with E-state index < -0.39 is 0 Å². The van der Waals surface area contributed by atoms with Crippen LogP contribution in [0.4, 0.5) is 0 Å². The molecule has 0 aliphatic carbocycles. The van der Waals surface area contributed by atoms with Crippen molar-refractivity contribution in [2.24, 2.45) is 0 Å². The van der Waals surface area contributed by atoms with E-state index in [1.807, 2.05) is 48.5 Å². The number of hydrogen-bond donors (Lipinski definition) is 0. The Labute approximate surface area is 240 Å². The van der Waals surface area contributed by atoms with Crippen LogP contribution in [-0.4, -0.2) is 32.2 Å². The van der Waals surface area contributed by atoms with Gasteiger partial charge < -0.3 is 9.47 Å². The largest absolute Gasteiger partial charge is 0.490 e. The van der Waals surface area contributed by atoms with Gasteiger partial charge in [-0.1, -0.05) is 61.2 Å². The zero-order valence-electron chi connectivity index (χ0n) is 22.4. The first kappa shape index (κ1) is 29.9. The number of halogens is 1. The number of benzene rings is 2. The number of pyridine rings is 2. The third kappa shape index (κ3) is 10.6. The molecule has 0 spiro atoms. The summed E-state index contributed by atoms with van der Waals surface area (Å²) in [4.78, 5) is 22.1. The zero-order chi connectivity index (χ0) is 28.6. The van der Waals surface area contributed by atoms with Crippen LogP contribution >= 0.6 is 11.6 Å². The Kier molecular flexibility index (Phi) is 12.2. The summed E-state index contributed by atoms with van der Waals surface area (Å²) in [5, 5.41) is 0.679. The van der Waals surface area contributed by atoms with Gasteiger partial charge in [0.2, 0.25) is 24.8 Å². The van der Waals surface area contributed by atoms with Crippen molar-refractivity contribution in [1.29, 1.82) is 0 Å². The molecule has 0 bridgehead atoms. The van der Waals surface area contributed by atoms with Gasteiger partial charge in [0, 0.05) is 39.3 Å². The lowest BCUT2D eigenvalue weighted by Crippen LogP contribution is -2.43. The van der Waals surface area contributed by atoms with Crippen LogP contribution in [0.25, 0.3) is 12.2 Å². The third-order valence-electron chi connectivity index (χ3n) is 5.39. The van der Waals surface area contributed by atoms with Crippen LogP contribution in [0.2, 0.25) is 5.02 Å². The molecule has 8 heteroatoms. The second-order valence-electron chi connectivity index (χ2n) is 8.29.